The maximum absolute atomic E-state index is 12.5. The van der Waals surface area contributed by atoms with Crippen molar-refractivity contribution >= 4 is 11.6 Å². The topological polar surface area (TPSA) is 82.6 Å². The summed E-state index contributed by atoms with van der Waals surface area (Å²) in [6.45, 7) is 10.8. The Balaban J connectivity index is 3.39. The molecule has 5 nitrogen and oxygen atoms in total. The number of rotatable bonds is 2. The van der Waals surface area contributed by atoms with E-state index in [1.54, 1.807) is 6.92 Å². The second kappa shape index (κ2) is 5.66. The van der Waals surface area contributed by atoms with Crippen molar-refractivity contribution in [3.8, 4) is 6.07 Å². The molecule has 0 fully saturated rings. The molecule has 0 saturated heterocycles. The molecular weight excluding hydrogens is 254 g/mol. The van der Waals surface area contributed by atoms with Gasteiger partial charge >= 0.3 is 0 Å². The van der Waals surface area contributed by atoms with Gasteiger partial charge in [0, 0.05) is 0 Å². The number of carbonyl (C=O) groups is 2. The van der Waals surface area contributed by atoms with Crippen LogP contribution in [0.4, 0.5) is 0 Å². The van der Waals surface area contributed by atoms with Crippen molar-refractivity contribution in [2.75, 3.05) is 0 Å². The number of hydrogen-bond acceptors (Lipinski definition) is 5. The van der Waals surface area contributed by atoms with E-state index in [-0.39, 0.29) is 17.4 Å². The van der Waals surface area contributed by atoms with Crippen LogP contribution in [0, 0.1) is 22.7 Å². The number of ketones is 2. The summed E-state index contributed by atoms with van der Waals surface area (Å²) < 4.78 is 0. The van der Waals surface area contributed by atoms with Crippen LogP contribution in [0.25, 0.3) is 0 Å². The standard InChI is InChI=1S/C15H21N3O2/c1-8(2)17-18-12-9(3)10(7-16)13(19)11(14(12)20)15(4,5)6/h8,11-12H,1-6H3/b18-17+. The summed E-state index contributed by atoms with van der Waals surface area (Å²) in [5.41, 5.74) is -0.0765. The first kappa shape index (κ1) is 16.2. The Bertz CT molecular complexity index is 530. The third-order valence-corrected chi connectivity index (χ3v) is 3.26. The molecule has 0 heterocycles. The van der Waals surface area contributed by atoms with Crippen LogP contribution >= 0.6 is 0 Å². The van der Waals surface area contributed by atoms with E-state index in [0.717, 1.165) is 0 Å². The Morgan fingerprint density at radius 3 is 2.20 bits per heavy atom. The van der Waals surface area contributed by atoms with Crippen molar-refractivity contribution in [2.45, 2.75) is 53.6 Å². The quantitative estimate of drug-likeness (QED) is 0.574. The zero-order chi connectivity index (χ0) is 15.7. The molecule has 0 amide bonds. The van der Waals surface area contributed by atoms with Crippen LogP contribution in [0.5, 0.6) is 0 Å². The van der Waals surface area contributed by atoms with E-state index in [2.05, 4.69) is 10.2 Å². The summed E-state index contributed by atoms with van der Waals surface area (Å²) in [7, 11) is 0. The van der Waals surface area contributed by atoms with Gasteiger partial charge in [-0.3, -0.25) is 9.59 Å². The van der Waals surface area contributed by atoms with Crippen LogP contribution in [0.3, 0.4) is 0 Å². The number of allylic oxidation sites excluding steroid dienone is 1. The molecule has 1 aliphatic rings. The minimum absolute atomic E-state index is 0.0353. The molecule has 0 aromatic heterocycles. The van der Waals surface area contributed by atoms with E-state index in [4.69, 9.17) is 0 Å². The summed E-state index contributed by atoms with van der Waals surface area (Å²) in [6, 6.07) is 1.07. The Hall–Kier alpha value is -1.83. The van der Waals surface area contributed by atoms with Gasteiger partial charge in [-0.15, -0.1) is 0 Å². The van der Waals surface area contributed by atoms with E-state index >= 15 is 0 Å². The summed E-state index contributed by atoms with van der Waals surface area (Å²) in [5.74, 6) is -1.49. The molecule has 5 heteroatoms. The molecule has 20 heavy (non-hydrogen) atoms. The van der Waals surface area contributed by atoms with Gasteiger partial charge in [0.15, 0.2) is 17.6 Å². The maximum Gasteiger partial charge on any atom is 0.184 e. The number of carbonyl (C=O) groups excluding carboxylic acids is 2. The van der Waals surface area contributed by atoms with Crippen LogP contribution in [-0.2, 0) is 9.59 Å². The van der Waals surface area contributed by atoms with E-state index in [1.807, 2.05) is 40.7 Å². The number of hydrogen-bond donors (Lipinski definition) is 0. The van der Waals surface area contributed by atoms with Gasteiger partial charge < -0.3 is 0 Å². The Kier molecular flexibility index (Phi) is 4.59. The van der Waals surface area contributed by atoms with Crippen LogP contribution < -0.4 is 0 Å². The summed E-state index contributed by atoms with van der Waals surface area (Å²) in [4.78, 5) is 24.9. The second-order valence-corrected chi connectivity index (χ2v) is 6.46. The molecule has 2 atom stereocenters. The fraction of sp³-hybridized carbons (Fsp3) is 0.667. The summed E-state index contributed by atoms with van der Waals surface area (Å²) in [5, 5.41) is 17.2. The molecule has 0 bridgehead atoms. The molecule has 0 aromatic rings. The van der Waals surface area contributed by atoms with Crippen LogP contribution in [0.1, 0.15) is 41.5 Å². The van der Waals surface area contributed by atoms with E-state index in [0.29, 0.717) is 5.57 Å². The van der Waals surface area contributed by atoms with Crippen LogP contribution in [0.2, 0.25) is 0 Å². The second-order valence-electron chi connectivity index (χ2n) is 6.46. The average molecular weight is 275 g/mol. The van der Waals surface area contributed by atoms with Crippen molar-refractivity contribution in [2.24, 2.45) is 21.6 Å². The molecule has 0 aliphatic heterocycles. The lowest BCUT2D eigenvalue weighted by Gasteiger charge is -2.33. The lowest BCUT2D eigenvalue weighted by Crippen LogP contribution is -2.45. The monoisotopic (exact) mass is 275 g/mol. The fourth-order valence-corrected chi connectivity index (χ4v) is 2.28. The van der Waals surface area contributed by atoms with Gasteiger partial charge in [-0.25, -0.2) is 0 Å². The molecular formula is C15H21N3O2. The first-order valence-corrected chi connectivity index (χ1v) is 6.70. The molecule has 0 saturated carbocycles. The zero-order valence-corrected chi connectivity index (χ0v) is 12.9. The molecule has 108 valence electrons. The fourth-order valence-electron chi connectivity index (χ4n) is 2.28. The minimum atomic E-state index is -0.836. The van der Waals surface area contributed by atoms with Gasteiger partial charge in [-0.05, 0) is 31.8 Å². The average Bonchev–Trinajstić information content (AvgIpc) is 2.26. The molecule has 0 radical (unpaired) electrons. The lowest BCUT2D eigenvalue weighted by atomic mass is 9.68. The van der Waals surface area contributed by atoms with Crippen LogP contribution in [0.15, 0.2) is 21.4 Å². The molecule has 0 spiro atoms. The highest BCUT2D eigenvalue weighted by atomic mass is 16.2. The minimum Gasteiger partial charge on any atom is -0.296 e. The first-order valence-electron chi connectivity index (χ1n) is 6.70. The highest BCUT2D eigenvalue weighted by molar-refractivity contribution is 6.18. The Morgan fingerprint density at radius 1 is 1.25 bits per heavy atom. The number of nitriles is 1. The lowest BCUT2D eigenvalue weighted by molar-refractivity contribution is -0.136. The summed E-state index contributed by atoms with van der Waals surface area (Å²) in [6.07, 6.45) is 0. The van der Waals surface area contributed by atoms with Gasteiger partial charge in [-0.1, -0.05) is 20.8 Å². The Morgan fingerprint density at radius 2 is 1.80 bits per heavy atom. The van der Waals surface area contributed by atoms with E-state index in [1.165, 1.54) is 0 Å². The van der Waals surface area contributed by atoms with Gasteiger partial charge in [0.1, 0.15) is 6.07 Å². The smallest absolute Gasteiger partial charge is 0.184 e. The van der Waals surface area contributed by atoms with Crippen molar-refractivity contribution in [3.63, 3.8) is 0 Å². The van der Waals surface area contributed by atoms with Gasteiger partial charge in [0.05, 0.1) is 17.5 Å². The normalized spacial score (nSPS) is 24.7. The third kappa shape index (κ3) is 3.01. The van der Waals surface area contributed by atoms with E-state index < -0.39 is 23.2 Å². The highest BCUT2D eigenvalue weighted by Crippen LogP contribution is 2.36. The molecule has 2 unspecified atom stereocenters. The van der Waals surface area contributed by atoms with Gasteiger partial charge in [-0.2, -0.15) is 15.5 Å². The molecule has 1 rings (SSSR count). The number of Topliss-reactive ketones (excluding diaryl/α,β-unsaturated/α-hetero) is 2. The van der Waals surface area contributed by atoms with Crippen molar-refractivity contribution in [1.29, 1.82) is 5.26 Å². The third-order valence-electron chi connectivity index (χ3n) is 3.26. The van der Waals surface area contributed by atoms with Crippen molar-refractivity contribution in [1.82, 2.24) is 0 Å². The first-order chi connectivity index (χ1) is 9.11. The SMILES string of the molecule is CC1=C(C#N)C(=O)C(C(C)(C)C)C(=O)C1/N=N/C(C)C. The number of azo groups is 1. The zero-order valence-electron chi connectivity index (χ0n) is 12.9. The van der Waals surface area contributed by atoms with Gasteiger partial charge in [0.25, 0.3) is 0 Å². The predicted molar refractivity (Wildman–Crippen MR) is 75.1 cm³/mol. The predicted octanol–water partition coefficient (Wildman–Crippen LogP) is 2.87. The molecule has 0 N–H and O–H groups in total. The molecule has 0 aromatic carbocycles. The Labute approximate surface area is 119 Å². The summed E-state index contributed by atoms with van der Waals surface area (Å²) >= 11 is 0. The van der Waals surface area contributed by atoms with Crippen molar-refractivity contribution in [3.05, 3.63) is 11.1 Å². The number of nitrogens with zero attached hydrogens (tertiary/aromatic N) is 3. The molecule has 1 aliphatic carbocycles. The van der Waals surface area contributed by atoms with Crippen molar-refractivity contribution < 1.29 is 9.59 Å². The van der Waals surface area contributed by atoms with E-state index in [9.17, 15) is 14.9 Å². The van der Waals surface area contributed by atoms with Gasteiger partial charge in [0.2, 0.25) is 0 Å². The highest BCUT2D eigenvalue weighted by Gasteiger charge is 2.47. The maximum atomic E-state index is 12.5. The largest absolute Gasteiger partial charge is 0.296 e. The van der Waals surface area contributed by atoms with Crippen LogP contribution in [-0.4, -0.2) is 23.7 Å².